The van der Waals surface area contributed by atoms with Crippen LogP contribution in [0.3, 0.4) is 0 Å². The van der Waals surface area contributed by atoms with Crippen LogP contribution in [-0.2, 0) is 6.42 Å². The normalized spacial score (nSPS) is 25.8. The molecule has 1 saturated carbocycles. The maximum absolute atomic E-state index is 5.92. The van der Waals surface area contributed by atoms with E-state index in [-0.39, 0.29) is 0 Å². The van der Waals surface area contributed by atoms with E-state index in [1.807, 2.05) is 0 Å². The fourth-order valence-electron chi connectivity index (χ4n) is 4.03. The molecule has 2 atom stereocenters. The van der Waals surface area contributed by atoms with E-state index >= 15 is 0 Å². The number of nitrogens with two attached hydrogens (primary N) is 1. The van der Waals surface area contributed by atoms with Crippen molar-refractivity contribution in [1.29, 1.82) is 0 Å². The summed E-state index contributed by atoms with van der Waals surface area (Å²) in [7, 11) is 0. The molecule has 2 N–H and O–H groups in total. The van der Waals surface area contributed by atoms with Crippen molar-refractivity contribution in [2.45, 2.75) is 44.6 Å². The van der Waals surface area contributed by atoms with E-state index in [1.165, 1.54) is 44.2 Å². The lowest BCUT2D eigenvalue weighted by molar-refractivity contribution is 0.0951. The first-order chi connectivity index (χ1) is 10.4. The third-order valence-electron chi connectivity index (χ3n) is 5.11. The number of hydrogen-bond donors (Lipinski definition) is 1. The van der Waals surface area contributed by atoms with Crippen molar-refractivity contribution in [2.24, 2.45) is 11.7 Å². The first-order valence-corrected chi connectivity index (χ1v) is 8.52. The van der Waals surface area contributed by atoms with E-state index in [1.54, 1.807) is 0 Å². The second kappa shape index (κ2) is 7.28. The molecule has 3 heteroatoms. The second-order valence-corrected chi connectivity index (χ2v) is 6.47. The summed E-state index contributed by atoms with van der Waals surface area (Å²) < 4.78 is 5.92. The molecule has 0 bridgehead atoms. The van der Waals surface area contributed by atoms with Gasteiger partial charge in [0.1, 0.15) is 12.4 Å². The van der Waals surface area contributed by atoms with Crippen molar-refractivity contribution < 1.29 is 4.74 Å². The lowest BCUT2D eigenvalue weighted by atomic mass is 9.92. The van der Waals surface area contributed by atoms with Gasteiger partial charge in [-0.15, -0.1) is 0 Å². The number of hydrogen-bond acceptors (Lipinski definition) is 3. The summed E-state index contributed by atoms with van der Waals surface area (Å²) in [6, 6.07) is 9.22. The fraction of sp³-hybridized carbons (Fsp3) is 0.667. The Morgan fingerprint density at radius 3 is 2.71 bits per heavy atom. The highest BCUT2D eigenvalue weighted by atomic mass is 16.5. The molecule has 0 amide bonds. The van der Waals surface area contributed by atoms with Crippen LogP contribution in [0.4, 0.5) is 0 Å². The lowest BCUT2D eigenvalue weighted by Gasteiger charge is -2.37. The average molecular weight is 288 g/mol. The summed E-state index contributed by atoms with van der Waals surface area (Å²) in [5, 5.41) is 0. The molecule has 2 aliphatic rings. The van der Waals surface area contributed by atoms with Gasteiger partial charge in [0.2, 0.25) is 0 Å². The summed E-state index contributed by atoms with van der Waals surface area (Å²) in [6.45, 7) is 3.85. The van der Waals surface area contributed by atoms with E-state index < -0.39 is 0 Å². The van der Waals surface area contributed by atoms with Crippen molar-refractivity contribution in [2.75, 3.05) is 26.2 Å². The molecule has 0 spiro atoms. The molecular formula is C18H28N2O. The van der Waals surface area contributed by atoms with Gasteiger partial charge in [0.15, 0.2) is 0 Å². The van der Waals surface area contributed by atoms with E-state index in [0.717, 1.165) is 37.3 Å². The number of nitrogens with zero attached hydrogens (tertiary/aromatic N) is 1. The van der Waals surface area contributed by atoms with Crippen LogP contribution >= 0.6 is 0 Å². The zero-order valence-corrected chi connectivity index (χ0v) is 13.0. The topological polar surface area (TPSA) is 38.5 Å². The van der Waals surface area contributed by atoms with Crippen molar-refractivity contribution in [3.63, 3.8) is 0 Å². The number of likely N-dealkylation sites (tertiary alicyclic amines) is 1. The van der Waals surface area contributed by atoms with Gasteiger partial charge < -0.3 is 10.5 Å². The highest BCUT2D eigenvalue weighted by molar-refractivity contribution is 5.27. The van der Waals surface area contributed by atoms with Gasteiger partial charge in [0, 0.05) is 12.6 Å². The standard InChI is InChI=1S/C18H28N2O/c19-11-10-15-6-8-17(9-7-15)21-14-13-20-12-2-4-16-3-1-5-18(16)20/h6-9,16,18H,1-5,10-14,19H2. The Bertz CT molecular complexity index is 431. The Kier molecular flexibility index (Phi) is 5.15. The van der Waals surface area contributed by atoms with Crippen molar-refractivity contribution in [3.05, 3.63) is 29.8 Å². The van der Waals surface area contributed by atoms with Crippen LogP contribution in [0.2, 0.25) is 0 Å². The zero-order chi connectivity index (χ0) is 14.5. The van der Waals surface area contributed by atoms with E-state index in [4.69, 9.17) is 10.5 Å². The van der Waals surface area contributed by atoms with Gasteiger partial charge in [-0.3, -0.25) is 4.90 Å². The quantitative estimate of drug-likeness (QED) is 0.875. The molecule has 1 aliphatic carbocycles. The van der Waals surface area contributed by atoms with Crippen LogP contribution < -0.4 is 10.5 Å². The van der Waals surface area contributed by atoms with Crippen LogP contribution in [0.15, 0.2) is 24.3 Å². The van der Waals surface area contributed by atoms with Crippen LogP contribution in [0.25, 0.3) is 0 Å². The third-order valence-corrected chi connectivity index (χ3v) is 5.11. The number of piperidine rings is 1. The Morgan fingerprint density at radius 2 is 1.90 bits per heavy atom. The lowest BCUT2D eigenvalue weighted by Crippen LogP contribution is -2.44. The molecule has 1 saturated heterocycles. The minimum Gasteiger partial charge on any atom is -0.492 e. The SMILES string of the molecule is NCCc1ccc(OCCN2CCCC3CCCC32)cc1. The Hall–Kier alpha value is -1.06. The van der Waals surface area contributed by atoms with Gasteiger partial charge in [-0.2, -0.15) is 0 Å². The number of ether oxygens (including phenoxy) is 1. The van der Waals surface area contributed by atoms with E-state index in [2.05, 4.69) is 29.2 Å². The number of rotatable bonds is 6. The molecule has 2 unspecified atom stereocenters. The molecule has 1 aliphatic heterocycles. The molecule has 0 aromatic heterocycles. The molecule has 1 aromatic carbocycles. The summed E-state index contributed by atoms with van der Waals surface area (Å²) in [5.41, 5.74) is 6.85. The maximum Gasteiger partial charge on any atom is 0.119 e. The predicted octanol–water partition coefficient (Wildman–Crippen LogP) is 2.83. The predicted molar refractivity (Wildman–Crippen MR) is 86.6 cm³/mol. The summed E-state index contributed by atoms with van der Waals surface area (Å²) >= 11 is 0. The Balaban J connectivity index is 1.45. The molecule has 21 heavy (non-hydrogen) atoms. The van der Waals surface area contributed by atoms with Crippen molar-refractivity contribution >= 4 is 0 Å². The molecule has 1 heterocycles. The summed E-state index contributed by atoms with van der Waals surface area (Å²) in [5.74, 6) is 1.95. The molecule has 116 valence electrons. The number of benzene rings is 1. The molecule has 1 aromatic rings. The van der Waals surface area contributed by atoms with Crippen LogP contribution in [0.5, 0.6) is 5.75 Å². The number of fused-ring (bicyclic) bond motifs is 1. The highest BCUT2D eigenvalue weighted by Gasteiger charge is 2.34. The maximum atomic E-state index is 5.92. The zero-order valence-electron chi connectivity index (χ0n) is 13.0. The molecular weight excluding hydrogens is 260 g/mol. The summed E-state index contributed by atoms with van der Waals surface area (Å²) in [4.78, 5) is 2.67. The minimum absolute atomic E-state index is 0.706. The Labute approximate surface area is 128 Å². The van der Waals surface area contributed by atoms with Crippen LogP contribution in [0.1, 0.15) is 37.7 Å². The van der Waals surface area contributed by atoms with Crippen molar-refractivity contribution in [1.82, 2.24) is 4.90 Å². The van der Waals surface area contributed by atoms with Gasteiger partial charge in [-0.1, -0.05) is 18.6 Å². The highest BCUT2D eigenvalue weighted by Crippen LogP contribution is 2.36. The second-order valence-electron chi connectivity index (χ2n) is 6.47. The van der Waals surface area contributed by atoms with Gasteiger partial charge in [0.25, 0.3) is 0 Å². The van der Waals surface area contributed by atoms with Gasteiger partial charge >= 0.3 is 0 Å². The molecule has 3 rings (SSSR count). The molecule has 3 nitrogen and oxygen atoms in total. The minimum atomic E-state index is 0.706. The fourth-order valence-corrected chi connectivity index (χ4v) is 4.03. The van der Waals surface area contributed by atoms with Crippen molar-refractivity contribution in [3.8, 4) is 5.75 Å². The largest absolute Gasteiger partial charge is 0.492 e. The first kappa shape index (κ1) is 14.9. The first-order valence-electron chi connectivity index (χ1n) is 8.52. The van der Waals surface area contributed by atoms with Gasteiger partial charge in [-0.05, 0) is 68.8 Å². The van der Waals surface area contributed by atoms with Gasteiger partial charge in [-0.25, -0.2) is 0 Å². The Morgan fingerprint density at radius 1 is 1.10 bits per heavy atom. The monoisotopic (exact) mass is 288 g/mol. The van der Waals surface area contributed by atoms with Crippen LogP contribution in [0, 0.1) is 5.92 Å². The molecule has 2 fully saturated rings. The van der Waals surface area contributed by atoms with Gasteiger partial charge in [0.05, 0.1) is 0 Å². The van der Waals surface area contributed by atoms with E-state index in [0.29, 0.717) is 6.54 Å². The van der Waals surface area contributed by atoms with Crippen LogP contribution in [-0.4, -0.2) is 37.2 Å². The summed E-state index contributed by atoms with van der Waals surface area (Å²) in [6.07, 6.45) is 8.04. The third kappa shape index (κ3) is 3.78. The van der Waals surface area contributed by atoms with E-state index in [9.17, 15) is 0 Å². The smallest absolute Gasteiger partial charge is 0.119 e. The molecule has 0 radical (unpaired) electrons. The average Bonchev–Trinajstić information content (AvgIpc) is 2.99.